The highest BCUT2D eigenvalue weighted by Gasteiger charge is 2.28. The number of hydrogen-bond donors (Lipinski definition) is 0. The molecule has 0 aliphatic carbocycles. The number of anilines is 1. The Bertz CT molecular complexity index is 551. The summed E-state index contributed by atoms with van der Waals surface area (Å²) in [5.41, 5.74) is 1.79. The van der Waals surface area contributed by atoms with Gasteiger partial charge in [-0.3, -0.25) is 14.9 Å². The van der Waals surface area contributed by atoms with Crippen LogP contribution in [0.5, 0.6) is 0 Å². The largest absolute Gasteiger partial charge is 0.366 e. The third-order valence-corrected chi connectivity index (χ3v) is 4.24. The van der Waals surface area contributed by atoms with Crippen molar-refractivity contribution in [1.29, 1.82) is 0 Å². The molecule has 1 fully saturated rings. The van der Waals surface area contributed by atoms with Crippen LogP contribution in [0.3, 0.4) is 0 Å². The quantitative estimate of drug-likeness (QED) is 0.633. The lowest BCUT2D eigenvalue weighted by molar-refractivity contribution is -0.384. The summed E-state index contributed by atoms with van der Waals surface area (Å²) in [6, 6.07) is 5.39. The van der Waals surface area contributed by atoms with Gasteiger partial charge in [-0.15, -0.1) is 0 Å². The zero-order valence-electron chi connectivity index (χ0n) is 12.7. The predicted molar refractivity (Wildman–Crippen MR) is 81.5 cm³/mol. The van der Waals surface area contributed by atoms with Gasteiger partial charge in [-0.1, -0.05) is 12.1 Å². The van der Waals surface area contributed by atoms with Crippen molar-refractivity contribution < 1.29 is 9.72 Å². The van der Waals surface area contributed by atoms with Crippen LogP contribution in [0.25, 0.3) is 0 Å². The van der Waals surface area contributed by atoms with E-state index in [0.29, 0.717) is 5.69 Å². The molecule has 1 amide bonds. The average molecular weight is 291 g/mol. The number of carbonyl (C=O) groups excluding carboxylic acids is 1. The Morgan fingerprint density at radius 3 is 2.52 bits per heavy atom. The van der Waals surface area contributed by atoms with Gasteiger partial charge in [-0.2, -0.15) is 0 Å². The van der Waals surface area contributed by atoms with Gasteiger partial charge in [0.15, 0.2) is 0 Å². The summed E-state index contributed by atoms with van der Waals surface area (Å²) in [6.45, 7) is 4.93. The number of rotatable bonds is 3. The van der Waals surface area contributed by atoms with Crippen LogP contribution in [0.2, 0.25) is 0 Å². The molecular weight excluding hydrogens is 270 g/mol. The van der Waals surface area contributed by atoms with Crippen LogP contribution in [0, 0.1) is 17.0 Å². The van der Waals surface area contributed by atoms with Gasteiger partial charge in [-0.05, 0) is 25.3 Å². The normalized spacial score (nSPS) is 15.9. The van der Waals surface area contributed by atoms with Gasteiger partial charge in [0.25, 0.3) is 5.69 Å². The molecule has 1 aromatic rings. The summed E-state index contributed by atoms with van der Waals surface area (Å²) in [6.07, 6.45) is 1.67. The summed E-state index contributed by atoms with van der Waals surface area (Å²) in [5, 5.41) is 11.2. The number of piperidine rings is 1. The van der Waals surface area contributed by atoms with E-state index in [9.17, 15) is 14.9 Å². The summed E-state index contributed by atoms with van der Waals surface area (Å²) in [4.78, 5) is 26.1. The molecule has 1 aliphatic heterocycles. The van der Waals surface area contributed by atoms with Crippen molar-refractivity contribution in [3.63, 3.8) is 0 Å². The molecule has 0 atom stereocenters. The molecule has 1 saturated heterocycles. The first kappa shape index (κ1) is 15.3. The van der Waals surface area contributed by atoms with Gasteiger partial charge in [-0.25, -0.2) is 0 Å². The van der Waals surface area contributed by atoms with Gasteiger partial charge in [0.1, 0.15) is 5.69 Å². The van der Waals surface area contributed by atoms with E-state index < -0.39 is 0 Å². The van der Waals surface area contributed by atoms with E-state index in [0.717, 1.165) is 31.5 Å². The van der Waals surface area contributed by atoms with Gasteiger partial charge in [0.05, 0.1) is 4.92 Å². The lowest BCUT2D eigenvalue weighted by atomic mass is 10.0. The molecule has 0 unspecified atom stereocenters. The minimum absolute atomic E-state index is 0.0651. The summed E-state index contributed by atoms with van der Waals surface area (Å²) in [7, 11) is 1.82. The van der Waals surface area contributed by atoms with Crippen LogP contribution in [0.15, 0.2) is 18.2 Å². The van der Waals surface area contributed by atoms with E-state index in [2.05, 4.69) is 4.90 Å². The summed E-state index contributed by atoms with van der Waals surface area (Å²) < 4.78 is 0. The maximum atomic E-state index is 11.4. The lowest BCUT2D eigenvalue weighted by Gasteiger charge is -2.37. The van der Waals surface area contributed by atoms with Crippen molar-refractivity contribution in [2.45, 2.75) is 32.7 Å². The van der Waals surface area contributed by atoms with Crippen LogP contribution in [-0.4, -0.2) is 41.9 Å². The van der Waals surface area contributed by atoms with Crippen LogP contribution >= 0.6 is 0 Å². The third-order valence-electron chi connectivity index (χ3n) is 4.24. The topological polar surface area (TPSA) is 66.7 Å². The first-order chi connectivity index (χ1) is 9.91. The van der Waals surface area contributed by atoms with Crippen LogP contribution in [0.1, 0.15) is 25.3 Å². The van der Waals surface area contributed by atoms with Crippen molar-refractivity contribution in [3.8, 4) is 0 Å². The molecule has 1 aliphatic rings. The van der Waals surface area contributed by atoms with Crippen molar-refractivity contribution in [2.75, 3.05) is 25.0 Å². The molecule has 0 bridgehead atoms. The highest BCUT2D eigenvalue weighted by atomic mass is 16.6. The number of carbonyl (C=O) groups is 1. The maximum Gasteiger partial charge on any atom is 0.292 e. The van der Waals surface area contributed by atoms with Crippen molar-refractivity contribution in [1.82, 2.24) is 4.90 Å². The lowest BCUT2D eigenvalue weighted by Crippen LogP contribution is -2.45. The first-order valence-corrected chi connectivity index (χ1v) is 7.14. The zero-order chi connectivity index (χ0) is 15.6. The number of nitrogens with zero attached hydrogens (tertiary/aromatic N) is 3. The number of para-hydroxylation sites is 1. The van der Waals surface area contributed by atoms with Gasteiger partial charge < -0.3 is 9.80 Å². The summed E-state index contributed by atoms with van der Waals surface area (Å²) >= 11 is 0. The van der Waals surface area contributed by atoms with Crippen LogP contribution < -0.4 is 4.90 Å². The Kier molecular flexibility index (Phi) is 4.45. The smallest absolute Gasteiger partial charge is 0.292 e. The Morgan fingerprint density at radius 2 is 2.00 bits per heavy atom. The molecule has 1 aromatic carbocycles. The molecular formula is C15H21N3O3. The van der Waals surface area contributed by atoms with E-state index in [-0.39, 0.29) is 22.6 Å². The fourth-order valence-electron chi connectivity index (χ4n) is 2.94. The molecule has 114 valence electrons. The fourth-order valence-corrected chi connectivity index (χ4v) is 2.94. The fraction of sp³-hybridized carbons (Fsp3) is 0.533. The Labute approximate surface area is 124 Å². The van der Waals surface area contributed by atoms with E-state index in [1.165, 1.54) is 0 Å². The van der Waals surface area contributed by atoms with Crippen molar-refractivity contribution in [2.24, 2.45) is 0 Å². The zero-order valence-corrected chi connectivity index (χ0v) is 12.7. The Hall–Kier alpha value is -2.11. The van der Waals surface area contributed by atoms with Gasteiger partial charge >= 0.3 is 0 Å². The number of nitro groups is 1. The molecule has 0 spiro atoms. The number of aryl methyl sites for hydroxylation is 1. The predicted octanol–water partition coefficient (Wildman–Crippen LogP) is 2.35. The molecule has 1 heterocycles. The average Bonchev–Trinajstić information content (AvgIpc) is 2.46. The molecule has 0 radical (unpaired) electrons. The van der Waals surface area contributed by atoms with Crippen LogP contribution in [0.4, 0.5) is 11.4 Å². The third kappa shape index (κ3) is 3.15. The molecule has 21 heavy (non-hydrogen) atoms. The highest BCUT2D eigenvalue weighted by Crippen LogP contribution is 2.33. The van der Waals surface area contributed by atoms with Crippen LogP contribution in [-0.2, 0) is 4.79 Å². The SMILES string of the molecule is CC(=O)N(C)C1CCN(c2c(C)cccc2[N+](=O)[O-])CC1. The molecule has 0 saturated carbocycles. The maximum absolute atomic E-state index is 11.4. The number of nitro benzene ring substituents is 1. The second-order valence-electron chi connectivity index (χ2n) is 5.55. The second-order valence-corrected chi connectivity index (χ2v) is 5.55. The minimum atomic E-state index is -0.323. The molecule has 6 heteroatoms. The Balaban J connectivity index is 2.16. The first-order valence-electron chi connectivity index (χ1n) is 7.14. The van der Waals surface area contributed by atoms with Gasteiger partial charge in [0, 0.05) is 39.2 Å². The van der Waals surface area contributed by atoms with E-state index in [1.807, 2.05) is 20.0 Å². The second kappa shape index (κ2) is 6.11. The minimum Gasteiger partial charge on any atom is -0.366 e. The number of hydrogen-bond acceptors (Lipinski definition) is 4. The van der Waals surface area contributed by atoms with Gasteiger partial charge in [0.2, 0.25) is 5.91 Å². The van der Waals surface area contributed by atoms with E-state index in [1.54, 1.807) is 24.0 Å². The number of benzene rings is 1. The van der Waals surface area contributed by atoms with Crippen molar-refractivity contribution in [3.05, 3.63) is 33.9 Å². The standard InChI is InChI=1S/C15H21N3O3/c1-11-5-4-6-14(18(20)21)15(11)17-9-7-13(8-10-17)16(3)12(2)19/h4-6,13H,7-10H2,1-3H3. The molecule has 2 rings (SSSR count). The molecule has 0 aromatic heterocycles. The van der Waals surface area contributed by atoms with E-state index in [4.69, 9.17) is 0 Å². The van der Waals surface area contributed by atoms with E-state index >= 15 is 0 Å². The molecule has 6 nitrogen and oxygen atoms in total. The summed E-state index contributed by atoms with van der Waals surface area (Å²) in [5.74, 6) is 0.0651. The highest BCUT2D eigenvalue weighted by molar-refractivity contribution is 5.73. The molecule has 0 N–H and O–H groups in total. The monoisotopic (exact) mass is 291 g/mol. The number of amides is 1. The van der Waals surface area contributed by atoms with Crippen molar-refractivity contribution >= 4 is 17.3 Å². The Morgan fingerprint density at radius 1 is 1.38 bits per heavy atom.